The van der Waals surface area contributed by atoms with Crippen molar-refractivity contribution in [3.63, 3.8) is 0 Å². The summed E-state index contributed by atoms with van der Waals surface area (Å²) < 4.78 is 7.86. The second-order valence-corrected chi connectivity index (χ2v) is 13.9. The van der Waals surface area contributed by atoms with E-state index in [0.29, 0.717) is 0 Å². The summed E-state index contributed by atoms with van der Waals surface area (Å²) in [6.45, 7) is 20.8. The Hall–Kier alpha value is -0.393. The van der Waals surface area contributed by atoms with Crippen LogP contribution in [0.2, 0.25) is 16.6 Å². The first-order chi connectivity index (χ1) is 12.3. The molecule has 4 nitrogen and oxygen atoms in total. The van der Waals surface area contributed by atoms with E-state index in [1.54, 1.807) is 0 Å². The fraction of sp³-hybridized carbons (Fsp3) is 0.952. The fourth-order valence-electron chi connectivity index (χ4n) is 5.37. The van der Waals surface area contributed by atoms with Crippen LogP contribution in [0.3, 0.4) is 0 Å². The summed E-state index contributed by atoms with van der Waals surface area (Å²) in [6, 6.07) is 0. The van der Waals surface area contributed by atoms with Crippen molar-refractivity contribution >= 4 is 14.2 Å². The quantitative estimate of drug-likeness (QED) is 0.387. The SMILES string of the molecule is CCC(C)[Si](C(C)CC)(C(C)CC)N1CCCN(CC(C)C(=O)OC)C1. The Bertz CT molecular complexity index is 406. The molecule has 5 heteroatoms. The topological polar surface area (TPSA) is 32.8 Å². The van der Waals surface area contributed by atoms with Gasteiger partial charge in [-0.2, -0.15) is 0 Å². The van der Waals surface area contributed by atoms with Crippen molar-refractivity contribution in [1.82, 2.24) is 9.47 Å². The highest BCUT2D eigenvalue weighted by Crippen LogP contribution is 2.48. The molecular formula is C21H44N2O2Si. The summed E-state index contributed by atoms with van der Waals surface area (Å²) in [7, 11) is -0.164. The van der Waals surface area contributed by atoms with Gasteiger partial charge in [0.1, 0.15) is 8.24 Å². The van der Waals surface area contributed by atoms with E-state index in [4.69, 9.17) is 4.74 Å². The first-order valence-electron chi connectivity index (χ1n) is 10.8. The number of nitrogens with zero attached hydrogens (tertiary/aromatic N) is 2. The average Bonchev–Trinajstić information content (AvgIpc) is 2.67. The minimum atomic E-state index is -1.66. The fourth-order valence-corrected chi connectivity index (χ4v) is 13.1. The minimum Gasteiger partial charge on any atom is -0.469 e. The van der Waals surface area contributed by atoms with Gasteiger partial charge in [0, 0.05) is 19.8 Å². The molecule has 0 aromatic heterocycles. The zero-order chi connectivity index (χ0) is 19.9. The number of carbonyl (C=O) groups is 1. The normalized spacial score (nSPS) is 23.7. The second kappa shape index (κ2) is 10.8. The largest absolute Gasteiger partial charge is 0.469 e. The number of carbonyl (C=O) groups excluding carboxylic acids is 1. The lowest BCUT2D eigenvalue weighted by Crippen LogP contribution is -2.66. The van der Waals surface area contributed by atoms with E-state index in [0.717, 1.165) is 36.4 Å². The molecule has 1 aliphatic rings. The average molecular weight is 385 g/mol. The molecule has 0 bridgehead atoms. The Morgan fingerprint density at radius 3 is 1.88 bits per heavy atom. The third-order valence-electron chi connectivity index (χ3n) is 7.16. The van der Waals surface area contributed by atoms with Crippen LogP contribution in [-0.4, -0.2) is 57.1 Å². The van der Waals surface area contributed by atoms with Crippen LogP contribution in [0.1, 0.15) is 74.1 Å². The van der Waals surface area contributed by atoms with Gasteiger partial charge in [-0.3, -0.25) is 9.69 Å². The van der Waals surface area contributed by atoms with Gasteiger partial charge in [-0.05, 0) is 29.6 Å². The molecule has 4 atom stereocenters. The van der Waals surface area contributed by atoms with Crippen LogP contribution in [0.15, 0.2) is 0 Å². The van der Waals surface area contributed by atoms with Crippen LogP contribution in [-0.2, 0) is 9.53 Å². The monoisotopic (exact) mass is 384 g/mol. The van der Waals surface area contributed by atoms with E-state index in [1.165, 1.54) is 39.3 Å². The highest BCUT2D eigenvalue weighted by molar-refractivity contribution is 6.81. The first-order valence-corrected chi connectivity index (χ1v) is 13.0. The van der Waals surface area contributed by atoms with Crippen molar-refractivity contribution in [2.45, 2.75) is 90.8 Å². The molecule has 0 aromatic carbocycles. The number of esters is 1. The van der Waals surface area contributed by atoms with Gasteiger partial charge >= 0.3 is 5.97 Å². The molecule has 1 heterocycles. The Kier molecular flexibility index (Phi) is 9.84. The van der Waals surface area contributed by atoms with Gasteiger partial charge in [-0.1, -0.05) is 67.7 Å². The first kappa shape index (κ1) is 23.6. The van der Waals surface area contributed by atoms with Crippen LogP contribution in [0.5, 0.6) is 0 Å². The zero-order valence-electron chi connectivity index (χ0n) is 18.7. The van der Waals surface area contributed by atoms with E-state index in [2.05, 4.69) is 51.0 Å². The van der Waals surface area contributed by atoms with Crippen molar-refractivity contribution in [3.05, 3.63) is 0 Å². The number of ether oxygens (including phenoxy) is 1. The van der Waals surface area contributed by atoms with Gasteiger partial charge in [0.2, 0.25) is 0 Å². The molecule has 0 aliphatic carbocycles. The maximum absolute atomic E-state index is 11.9. The van der Waals surface area contributed by atoms with E-state index in [9.17, 15) is 4.79 Å². The van der Waals surface area contributed by atoms with Gasteiger partial charge in [-0.15, -0.1) is 0 Å². The lowest BCUT2D eigenvalue weighted by atomic mass is 10.1. The molecule has 1 aliphatic heterocycles. The molecule has 0 amide bonds. The predicted molar refractivity (Wildman–Crippen MR) is 114 cm³/mol. The van der Waals surface area contributed by atoms with Crippen LogP contribution in [0, 0.1) is 5.92 Å². The molecule has 1 rings (SSSR count). The molecule has 1 saturated heterocycles. The standard InChI is InChI=1S/C21H44N2O2Si/c1-9-18(5)26(19(6)10-2,20(7)11-3)23-14-12-13-22(16-23)15-17(4)21(24)25-8/h17-20H,9-16H2,1-8H3. The van der Waals surface area contributed by atoms with Crippen molar-refractivity contribution in [2.75, 3.05) is 33.4 Å². The summed E-state index contributed by atoms with van der Waals surface area (Å²) in [6.07, 6.45) is 5.04. The Balaban J connectivity index is 3.10. The van der Waals surface area contributed by atoms with E-state index in [1.807, 2.05) is 6.92 Å². The molecule has 0 radical (unpaired) electrons. The molecule has 154 valence electrons. The number of methoxy groups -OCH3 is 1. The Morgan fingerprint density at radius 2 is 1.46 bits per heavy atom. The molecule has 0 aromatic rings. The summed E-state index contributed by atoms with van der Waals surface area (Å²) in [5, 5.41) is 0. The van der Waals surface area contributed by atoms with Gasteiger partial charge < -0.3 is 9.30 Å². The smallest absolute Gasteiger partial charge is 0.309 e. The summed E-state index contributed by atoms with van der Waals surface area (Å²) in [4.78, 5) is 14.4. The number of hydrogen-bond acceptors (Lipinski definition) is 4. The molecule has 26 heavy (non-hydrogen) atoms. The van der Waals surface area contributed by atoms with Gasteiger partial charge in [0.15, 0.2) is 0 Å². The molecule has 0 N–H and O–H groups in total. The molecule has 0 spiro atoms. The van der Waals surface area contributed by atoms with E-state index >= 15 is 0 Å². The third kappa shape index (κ3) is 4.90. The van der Waals surface area contributed by atoms with E-state index < -0.39 is 8.24 Å². The maximum Gasteiger partial charge on any atom is 0.309 e. The van der Waals surface area contributed by atoms with Crippen LogP contribution in [0.4, 0.5) is 0 Å². The van der Waals surface area contributed by atoms with Crippen LogP contribution in [0.25, 0.3) is 0 Å². The number of hydrogen-bond donors (Lipinski definition) is 0. The number of rotatable bonds is 10. The van der Waals surface area contributed by atoms with Crippen molar-refractivity contribution in [2.24, 2.45) is 5.92 Å². The van der Waals surface area contributed by atoms with Crippen molar-refractivity contribution < 1.29 is 9.53 Å². The summed E-state index contributed by atoms with van der Waals surface area (Å²) in [5.41, 5.74) is 2.39. The summed E-state index contributed by atoms with van der Waals surface area (Å²) in [5.74, 6) is -0.136. The Morgan fingerprint density at radius 1 is 0.962 bits per heavy atom. The van der Waals surface area contributed by atoms with Gasteiger partial charge in [0.05, 0.1) is 13.0 Å². The maximum atomic E-state index is 11.9. The summed E-state index contributed by atoms with van der Waals surface area (Å²) >= 11 is 0. The molecule has 0 saturated carbocycles. The molecule has 4 unspecified atom stereocenters. The van der Waals surface area contributed by atoms with Crippen molar-refractivity contribution in [1.29, 1.82) is 0 Å². The van der Waals surface area contributed by atoms with Gasteiger partial charge in [-0.25, -0.2) is 0 Å². The van der Waals surface area contributed by atoms with Crippen LogP contribution >= 0.6 is 0 Å². The lowest BCUT2D eigenvalue weighted by Gasteiger charge is -2.56. The highest BCUT2D eigenvalue weighted by atomic mass is 28.3. The van der Waals surface area contributed by atoms with E-state index in [-0.39, 0.29) is 11.9 Å². The van der Waals surface area contributed by atoms with Crippen LogP contribution < -0.4 is 0 Å². The zero-order valence-corrected chi connectivity index (χ0v) is 19.7. The molecule has 1 fully saturated rings. The minimum absolute atomic E-state index is 0.0492. The highest BCUT2D eigenvalue weighted by Gasteiger charge is 2.51. The van der Waals surface area contributed by atoms with Gasteiger partial charge in [0.25, 0.3) is 0 Å². The molecular weight excluding hydrogens is 340 g/mol. The second-order valence-electron chi connectivity index (χ2n) is 8.57. The predicted octanol–water partition coefficient (Wildman–Crippen LogP) is 5.11. The lowest BCUT2D eigenvalue weighted by molar-refractivity contribution is -0.145. The third-order valence-corrected chi connectivity index (χ3v) is 14.6. The van der Waals surface area contributed by atoms with Crippen molar-refractivity contribution in [3.8, 4) is 0 Å². The Labute approximate surface area is 163 Å².